The minimum Gasteiger partial charge on any atom is -0.476 e. The predicted molar refractivity (Wildman–Crippen MR) is 103 cm³/mol. The molecule has 0 aromatic heterocycles. The monoisotopic (exact) mass is 397 g/mol. The lowest BCUT2D eigenvalue weighted by Crippen LogP contribution is -2.54. The van der Waals surface area contributed by atoms with Crippen molar-refractivity contribution in [1.82, 2.24) is 4.90 Å². The first-order valence-corrected chi connectivity index (χ1v) is 9.23. The van der Waals surface area contributed by atoms with E-state index in [2.05, 4.69) is 0 Å². The molecule has 9 heteroatoms. The lowest BCUT2D eigenvalue weighted by atomic mass is 10.1. The number of nitro benzene ring substituents is 1. The number of morpholine rings is 1. The number of nitro groups is 1. The van der Waals surface area contributed by atoms with Crippen molar-refractivity contribution in [1.29, 1.82) is 0 Å². The van der Waals surface area contributed by atoms with E-state index in [9.17, 15) is 19.7 Å². The molecule has 0 aliphatic carbocycles. The van der Waals surface area contributed by atoms with E-state index < -0.39 is 11.0 Å². The van der Waals surface area contributed by atoms with Crippen LogP contribution in [0, 0.1) is 10.1 Å². The molecule has 0 unspecified atom stereocenters. The molecule has 1 atom stereocenters. The molecular weight excluding hydrogens is 378 g/mol. The van der Waals surface area contributed by atoms with Gasteiger partial charge in [-0.05, 0) is 24.3 Å². The summed E-state index contributed by atoms with van der Waals surface area (Å²) in [5.41, 5.74) is 0.760. The van der Waals surface area contributed by atoms with Crippen LogP contribution in [0.1, 0.15) is 10.4 Å². The first kappa shape index (κ1) is 18.9. The fourth-order valence-corrected chi connectivity index (χ4v) is 3.42. The van der Waals surface area contributed by atoms with Gasteiger partial charge in [0.05, 0.1) is 30.4 Å². The molecule has 2 aromatic rings. The molecule has 2 heterocycles. The van der Waals surface area contributed by atoms with Gasteiger partial charge >= 0.3 is 0 Å². The third-order valence-corrected chi connectivity index (χ3v) is 4.94. The van der Waals surface area contributed by atoms with Crippen molar-refractivity contribution in [2.24, 2.45) is 0 Å². The minimum atomic E-state index is -0.829. The van der Waals surface area contributed by atoms with Gasteiger partial charge in [-0.2, -0.15) is 0 Å². The lowest BCUT2D eigenvalue weighted by Gasteiger charge is -2.37. The molecule has 150 valence electrons. The van der Waals surface area contributed by atoms with E-state index in [0.717, 1.165) is 0 Å². The van der Waals surface area contributed by atoms with E-state index in [1.165, 1.54) is 29.2 Å². The zero-order valence-electron chi connectivity index (χ0n) is 15.5. The van der Waals surface area contributed by atoms with E-state index in [0.29, 0.717) is 43.3 Å². The third kappa shape index (κ3) is 3.77. The highest BCUT2D eigenvalue weighted by molar-refractivity contribution is 6.08. The van der Waals surface area contributed by atoms with Crippen LogP contribution in [0.5, 0.6) is 5.75 Å². The van der Waals surface area contributed by atoms with Crippen LogP contribution in [-0.2, 0) is 9.53 Å². The number of fused-ring (bicyclic) bond motifs is 1. The molecular formula is C20H19N3O6. The van der Waals surface area contributed by atoms with E-state index >= 15 is 0 Å². The maximum absolute atomic E-state index is 13.1. The average molecular weight is 397 g/mol. The van der Waals surface area contributed by atoms with Gasteiger partial charge in [-0.3, -0.25) is 19.7 Å². The van der Waals surface area contributed by atoms with E-state index in [4.69, 9.17) is 9.47 Å². The number of ether oxygens (including phenoxy) is 2. The summed E-state index contributed by atoms with van der Waals surface area (Å²) in [5, 5.41) is 10.9. The summed E-state index contributed by atoms with van der Waals surface area (Å²) in [6.45, 7) is 1.97. The minimum absolute atomic E-state index is 0.0586. The molecule has 9 nitrogen and oxygen atoms in total. The van der Waals surface area contributed by atoms with Gasteiger partial charge in [0.15, 0.2) is 6.10 Å². The van der Waals surface area contributed by atoms with E-state index in [-0.39, 0.29) is 24.0 Å². The number of benzene rings is 2. The van der Waals surface area contributed by atoms with Crippen LogP contribution < -0.4 is 9.64 Å². The van der Waals surface area contributed by atoms with Crippen LogP contribution in [0.25, 0.3) is 0 Å². The summed E-state index contributed by atoms with van der Waals surface area (Å²) in [6, 6.07) is 12.4. The lowest BCUT2D eigenvalue weighted by molar-refractivity contribution is -0.384. The van der Waals surface area contributed by atoms with Crippen molar-refractivity contribution in [3.05, 3.63) is 64.2 Å². The number of para-hydroxylation sites is 2. The summed E-state index contributed by atoms with van der Waals surface area (Å²) < 4.78 is 11.2. The second-order valence-electron chi connectivity index (χ2n) is 6.73. The van der Waals surface area contributed by atoms with Crippen LogP contribution in [0.4, 0.5) is 11.4 Å². The number of rotatable bonds is 3. The number of carbonyl (C=O) groups excluding carboxylic acids is 2. The Morgan fingerprint density at radius 3 is 2.41 bits per heavy atom. The van der Waals surface area contributed by atoms with Crippen molar-refractivity contribution in [2.75, 3.05) is 37.7 Å². The Bertz CT molecular complexity index is 939. The fourth-order valence-electron chi connectivity index (χ4n) is 3.42. The van der Waals surface area contributed by atoms with Gasteiger partial charge < -0.3 is 19.3 Å². The van der Waals surface area contributed by atoms with Gasteiger partial charge in [0.25, 0.3) is 17.5 Å². The van der Waals surface area contributed by atoms with Crippen molar-refractivity contribution >= 4 is 23.2 Å². The van der Waals surface area contributed by atoms with E-state index in [1.807, 2.05) is 0 Å². The fraction of sp³-hybridized carbons (Fsp3) is 0.300. The Morgan fingerprint density at radius 2 is 1.72 bits per heavy atom. The molecule has 0 saturated carbocycles. The highest BCUT2D eigenvalue weighted by atomic mass is 16.6. The number of nitrogens with zero attached hydrogens (tertiary/aromatic N) is 3. The Balaban J connectivity index is 1.61. The van der Waals surface area contributed by atoms with Gasteiger partial charge in [0, 0.05) is 30.8 Å². The molecule has 4 rings (SSSR count). The molecule has 2 aromatic carbocycles. The molecule has 1 saturated heterocycles. The molecule has 2 aliphatic heterocycles. The summed E-state index contributed by atoms with van der Waals surface area (Å²) in [4.78, 5) is 39.6. The van der Waals surface area contributed by atoms with Crippen LogP contribution in [0.2, 0.25) is 0 Å². The zero-order chi connectivity index (χ0) is 20.4. The van der Waals surface area contributed by atoms with Crippen LogP contribution in [-0.4, -0.2) is 60.6 Å². The van der Waals surface area contributed by atoms with E-state index in [1.54, 1.807) is 29.2 Å². The first-order valence-electron chi connectivity index (χ1n) is 9.23. The van der Waals surface area contributed by atoms with Crippen molar-refractivity contribution in [3.63, 3.8) is 0 Å². The quantitative estimate of drug-likeness (QED) is 0.579. The Kier molecular flexibility index (Phi) is 5.13. The number of anilines is 1. The Labute approximate surface area is 166 Å². The number of hydrogen-bond acceptors (Lipinski definition) is 6. The zero-order valence-corrected chi connectivity index (χ0v) is 15.5. The van der Waals surface area contributed by atoms with Gasteiger partial charge in [-0.15, -0.1) is 0 Å². The van der Waals surface area contributed by atoms with Crippen LogP contribution in [0.3, 0.4) is 0 Å². The smallest absolute Gasteiger partial charge is 0.269 e. The summed E-state index contributed by atoms with van der Waals surface area (Å²) in [5.74, 6) is -0.0969. The average Bonchev–Trinajstić information content (AvgIpc) is 2.78. The maximum atomic E-state index is 13.1. The largest absolute Gasteiger partial charge is 0.476 e. The topological polar surface area (TPSA) is 102 Å². The number of hydrogen-bond donors (Lipinski definition) is 0. The van der Waals surface area contributed by atoms with Gasteiger partial charge in [-0.25, -0.2) is 0 Å². The molecule has 2 amide bonds. The second-order valence-corrected chi connectivity index (χ2v) is 6.73. The van der Waals surface area contributed by atoms with Gasteiger partial charge in [-0.1, -0.05) is 12.1 Å². The highest BCUT2D eigenvalue weighted by Gasteiger charge is 2.36. The van der Waals surface area contributed by atoms with Crippen LogP contribution >= 0.6 is 0 Å². The normalized spacial score (nSPS) is 18.6. The molecule has 1 fully saturated rings. The summed E-state index contributed by atoms with van der Waals surface area (Å²) >= 11 is 0. The SMILES string of the molecule is O=C([C@H]1CN(C(=O)c2ccc([N+](=O)[O-])cc2)c2ccccc2O1)N1CCOCC1. The standard InChI is InChI=1S/C20H19N3O6/c24-19(14-5-7-15(8-6-14)23(26)27)22-13-18(20(25)21-9-11-28-12-10-21)29-17-4-2-1-3-16(17)22/h1-8,18H,9-13H2/t18-/m1/s1. The predicted octanol–water partition coefficient (Wildman–Crippen LogP) is 1.86. The first-order chi connectivity index (χ1) is 14.0. The van der Waals surface area contributed by atoms with Gasteiger partial charge in [0.2, 0.25) is 0 Å². The molecule has 0 radical (unpaired) electrons. The second kappa shape index (κ2) is 7.88. The van der Waals surface area contributed by atoms with Crippen molar-refractivity contribution in [2.45, 2.75) is 6.10 Å². The number of non-ortho nitro benzene ring substituents is 1. The number of carbonyl (C=O) groups is 2. The molecule has 0 N–H and O–H groups in total. The van der Waals surface area contributed by atoms with Crippen molar-refractivity contribution < 1.29 is 24.0 Å². The molecule has 0 bridgehead atoms. The molecule has 0 spiro atoms. The highest BCUT2D eigenvalue weighted by Crippen LogP contribution is 2.34. The molecule has 2 aliphatic rings. The van der Waals surface area contributed by atoms with Crippen molar-refractivity contribution in [3.8, 4) is 5.75 Å². The van der Waals surface area contributed by atoms with Gasteiger partial charge in [0.1, 0.15) is 5.75 Å². The summed E-state index contributed by atoms with van der Waals surface area (Å²) in [7, 11) is 0. The summed E-state index contributed by atoms with van der Waals surface area (Å²) in [6.07, 6.45) is -0.829. The van der Waals surface area contributed by atoms with Crippen LogP contribution in [0.15, 0.2) is 48.5 Å². The molecule has 29 heavy (non-hydrogen) atoms. The maximum Gasteiger partial charge on any atom is 0.269 e. The Morgan fingerprint density at radius 1 is 1.03 bits per heavy atom. The third-order valence-electron chi connectivity index (χ3n) is 4.94. The Hall–Kier alpha value is -3.46. The number of amides is 2.